The highest BCUT2D eigenvalue weighted by Gasteiger charge is 2.06. The SMILES string of the molecule is Nc1cn[nH]c1NC(=O)CCCc1cccs1. The number of hydrogen-bond donors (Lipinski definition) is 3. The lowest BCUT2D eigenvalue weighted by Crippen LogP contribution is -2.12. The summed E-state index contributed by atoms with van der Waals surface area (Å²) >= 11 is 1.71. The van der Waals surface area contributed by atoms with Gasteiger partial charge < -0.3 is 11.1 Å². The number of nitrogens with one attached hydrogen (secondary N) is 2. The maximum atomic E-state index is 11.6. The third-order valence-corrected chi connectivity index (χ3v) is 3.28. The monoisotopic (exact) mass is 250 g/mol. The van der Waals surface area contributed by atoms with Crippen LogP contribution < -0.4 is 11.1 Å². The molecule has 2 aromatic rings. The Balaban J connectivity index is 1.73. The van der Waals surface area contributed by atoms with Crippen LogP contribution in [0.3, 0.4) is 0 Å². The van der Waals surface area contributed by atoms with Crippen LogP contribution in [0.2, 0.25) is 0 Å². The third kappa shape index (κ3) is 3.32. The van der Waals surface area contributed by atoms with Gasteiger partial charge in [-0.1, -0.05) is 6.07 Å². The van der Waals surface area contributed by atoms with Gasteiger partial charge >= 0.3 is 0 Å². The summed E-state index contributed by atoms with van der Waals surface area (Å²) in [4.78, 5) is 12.9. The molecule has 0 radical (unpaired) electrons. The molecule has 2 rings (SSSR count). The minimum atomic E-state index is -0.0440. The zero-order chi connectivity index (χ0) is 12.1. The second-order valence-electron chi connectivity index (χ2n) is 3.68. The average molecular weight is 250 g/mol. The van der Waals surface area contributed by atoms with Crippen LogP contribution in [-0.2, 0) is 11.2 Å². The molecule has 2 heterocycles. The molecule has 5 nitrogen and oxygen atoms in total. The number of rotatable bonds is 5. The fraction of sp³-hybridized carbons (Fsp3) is 0.273. The van der Waals surface area contributed by atoms with Gasteiger partial charge in [0.05, 0.1) is 11.9 Å². The summed E-state index contributed by atoms with van der Waals surface area (Å²) in [5, 5.41) is 11.1. The molecule has 0 atom stereocenters. The van der Waals surface area contributed by atoms with Gasteiger partial charge in [-0.25, -0.2) is 0 Å². The smallest absolute Gasteiger partial charge is 0.225 e. The molecule has 17 heavy (non-hydrogen) atoms. The van der Waals surface area contributed by atoms with Crippen molar-refractivity contribution < 1.29 is 4.79 Å². The Morgan fingerprint density at radius 3 is 3.12 bits per heavy atom. The van der Waals surface area contributed by atoms with E-state index in [9.17, 15) is 4.79 Å². The van der Waals surface area contributed by atoms with Crippen LogP contribution in [0, 0.1) is 0 Å². The number of thiophene rings is 1. The largest absolute Gasteiger partial charge is 0.394 e. The minimum absolute atomic E-state index is 0.0440. The molecule has 4 N–H and O–H groups in total. The number of nitrogens with two attached hydrogens (primary N) is 1. The van der Waals surface area contributed by atoms with Crippen LogP contribution in [0.25, 0.3) is 0 Å². The van der Waals surface area contributed by atoms with Crippen molar-refractivity contribution in [3.05, 3.63) is 28.6 Å². The molecule has 1 amide bonds. The van der Waals surface area contributed by atoms with Gasteiger partial charge in [-0.05, 0) is 24.3 Å². The van der Waals surface area contributed by atoms with Crippen LogP contribution in [0.5, 0.6) is 0 Å². The van der Waals surface area contributed by atoms with Crippen LogP contribution in [0.4, 0.5) is 11.5 Å². The van der Waals surface area contributed by atoms with E-state index in [0.29, 0.717) is 17.9 Å². The van der Waals surface area contributed by atoms with Gasteiger partial charge in [0, 0.05) is 11.3 Å². The number of H-pyrrole nitrogens is 1. The van der Waals surface area contributed by atoms with Crippen molar-refractivity contribution in [1.29, 1.82) is 0 Å². The summed E-state index contributed by atoms with van der Waals surface area (Å²) < 4.78 is 0. The summed E-state index contributed by atoms with van der Waals surface area (Å²) in [6.45, 7) is 0. The van der Waals surface area contributed by atoms with E-state index in [1.807, 2.05) is 11.4 Å². The standard InChI is InChI=1S/C11H14N4OS/c12-9-7-13-15-11(9)14-10(16)5-1-3-8-4-2-6-17-8/h2,4,6-7H,1,3,5,12H2,(H2,13,14,15,16). The zero-order valence-electron chi connectivity index (χ0n) is 9.27. The van der Waals surface area contributed by atoms with E-state index < -0.39 is 0 Å². The Hall–Kier alpha value is -1.82. The highest BCUT2D eigenvalue weighted by atomic mass is 32.1. The molecule has 0 unspecified atom stereocenters. The van der Waals surface area contributed by atoms with Gasteiger partial charge in [-0.15, -0.1) is 11.3 Å². The molecule has 0 aliphatic heterocycles. The lowest BCUT2D eigenvalue weighted by atomic mass is 10.2. The first-order valence-corrected chi connectivity index (χ1v) is 6.25. The molecular weight excluding hydrogens is 236 g/mol. The molecule has 0 bridgehead atoms. The molecule has 0 fully saturated rings. The molecule has 0 aromatic carbocycles. The normalized spacial score (nSPS) is 10.4. The second-order valence-corrected chi connectivity index (χ2v) is 4.71. The predicted octanol–water partition coefficient (Wildman–Crippen LogP) is 2.01. The van der Waals surface area contributed by atoms with Gasteiger partial charge in [-0.3, -0.25) is 9.89 Å². The summed E-state index contributed by atoms with van der Waals surface area (Å²) in [7, 11) is 0. The van der Waals surface area contributed by atoms with Crippen molar-refractivity contribution in [2.75, 3.05) is 11.1 Å². The Kier molecular flexibility index (Phi) is 3.77. The first-order chi connectivity index (χ1) is 8.25. The summed E-state index contributed by atoms with van der Waals surface area (Å²) in [6.07, 6.45) is 3.72. The van der Waals surface area contributed by atoms with Crippen molar-refractivity contribution in [3.63, 3.8) is 0 Å². The van der Waals surface area contributed by atoms with Crippen LogP contribution >= 0.6 is 11.3 Å². The molecule has 0 spiro atoms. The fourth-order valence-corrected chi connectivity index (χ4v) is 2.23. The second kappa shape index (κ2) is 5.49. The van der Waals surface area contributed by atoms with Crippen molar-refractivity contribution in [2.24, 2.45) is 0 Å². The van der Waals surface area contributed by atoms with Crippen LogP contribution in [0.15, 0.2) is 23.7 Å². The summed E-state index contributed by atoms with van der Waals surface area (Å²) in [5.41, 5.74) is 6.04. The number of nitrogens with zero attached hydrogens (tertiary/aromatic N) is 1. The Bertz CT molecular complexity index is 477. The number of carbonyl (C=O) groups excluding carboxylic acids is 1. The molecule has 6 heteroatoms. The minimum Gasteiger partial charge on any atom is -0.394 e. The lowest BCUT2D eigenvalue weighted by molar-refractivity contribution is -0.116. The van der Waals surface area contributed by atoms with Gasteiger partial charge in [-0.2, -0.15) is 5.10 Å². The molecule has 2 aromatic heterocycles. The van der Waals surface area contributed by atoms with Crippen LogP contribution in [0.1, 0.15) is 17.7 Å². The zero-order valence-corrected chi connectivity index (χ0v) is 10.1. The molecule has 0 aliphatic rings. The number of aromatic amines is 1. The van der Waals surface area contributed by atoms with Crippen LogP contribution in [-0.4, -0.2) is 16.1 Å². The molecule has 90 valence electrons. The quantitative estimate of drug-likeness (QED) is 0.759. The molecule has 0 aliphatic carbocycles. The number of nitrogen functional groups attached to an aromatic ring is 1. The van der Waals surface area contributed by atoms with E-state index >= 15 is 0 Å². The van der Waals surface area contributed by atoms with Gasteiger partial charge in [0.2, 0.25) is 5.91 Å². The van der Waals surface area contributed by atoms with E-state index in [2.05, 4.69) is 21.6 Å². The van der Waals surface area contributed by atoms with E-state index in [1.54, 1.807) is 11.3 Å². The van der Waals surface area contributed by atoms with Gasteiger partial charge in [0.15, 0.2) is 5.82 Å². The Morgan fingerprint density at radius 1 is 1.59 bits per heavy atom. The lowest BCUT2D eigenvalue weighted by Gasteiger charge is -2.02. The van der Waals surface area contributed by atoms with E-state index in [1.165, 1.54) is 11.1 Å². The van der Waals surface area contributed by atoms with E-state index in [0.717, 1.165) is 12.8 Å². The van der Waals surface area contributed by atoms with E-state index in [4.69, 9.17) is 5.73 Å². The predicted molar refractivity (Wildman–Crippen MR) is 68.9 cm³/mol. The van der Waals surface area contributed by atoms with Crippen molar-refractivity contribution in [2.45, 2.75) is 19.3 Å². The van der Waals surface area contributed by atoms with Crippen molar-refractivity contribution >= 4 is 28.7 Å². The molecular formula is C11H14N4OS. The number of hydrogen-bond acceptors (Lipinski definition) is 4. The first-order valence-electron chi connectivity index (χ1n) is 5.37. The summed E-state index contributed by atoms with van der Waals surface area (Å²) in [6, 6.07) is 4.10. The highest BCUT2D eigenvalue weighted by molar-refractivity contribution is 7.09. The van der Waals surface area contributed by atoms with Gasteiger partial charge in [0.1, 0.15) is 0 Å². The topological polar surface area (TPSA) is 83.8 Å². The maximum Gasteiger partial charge on any atom is 0.225 e. The number of amides is 1. The van der Waals surface area contributed by atoms with Crippen molar-refractivity contribution in [3.8, 4) is 0 Å². The number of carbonyl (C=O) groups is 1. The fourth-order valence-electron chi connectivity index (χ4n) is 1.48. The number of anilines is 2. The first kappa shape index (κ1) is 11.7. The number of aromatic nitrogens is 2. The maximum absolute atomic E-state index is 11.6. The third-order valence-electron chi connectivity index (χ3n) is 2.34. The highest BCUT2D eigenvalue weighted by Crippen LogP contribution is 2.14. The molecule has 0 saturated heterocycles. The summed E-state index contributed by atoms with van der Waals surface area (Å²) in [5.74, 6) is 0.434. The Morgan fingerprint density at radius 2 is 2.47 bits per heavy atom. The molecule has 0 saturated carbocycles. The van der Waals surface area contributed by atoms with E-state index in [-0.39, 0.29) is 5.91 Å². The van der Waals surface area contributed by atoms with Gasteiger partial charge in [0.25, 0.3) is 0 Å². The van der Waals surface area contributed by atoms with Crippen molar-refractivity contribution in [1.82, 2.24) is 10.2 Å². The Labute approximate surface area is 103 Å². The average Bonchev–Trinajstić information content (AvgIpc) is 2.92. The number of aryl methyl sites for hydroxylation is 1.